The van der Waals surface area contributed by atoms with Crippen molar-refractivity contribution in [3.05, 3.63) is 0 Å². The van der Waals surface area contributed by atoms with Gasteiger partial charge in [-0.05, 0) is 32.6 Å². The summed E-state index contributed by atoms with van der Waals surface area (Å²) in [5.74, 6) is 0.199. The Hall–Kier alpha value is -0.570. The largest absolute Gasteiger partial charge is 0.338 e. The number of carbonyl (C=O) groups excluding carboxylic acids is 1. The van der Waals surface area contributed by atoms with Crippen LogP contribution in [0.25, 0.3) is 0 Å². The predicted octanol–water partition coefficient (Wildman–Crippen LogP) is 3.08. The fraction of sp³-hybridized carbons (Fsp3) is 0.933. The molecule has 0 aromatic rings. The summed E-state index contributed by atoms with van der Waals surface area (Å²) in [6, 6.07) is 0.311. The average Bonchev–Trinajstić information content (AvgIpc) is 2.39. The number of rotatable bonds is 6. The van der Waals surface area contributed by atoms with Crippen LogP contribution in [0.2, 0.25) is 0 Å². The Balaban J connectivity index is 2.73. The van der Waals surface area contributed by atoms with E-state index in [4.69, 9.17) is 5.73 Å². The molecule has 0 saturated heterocycles. The lowest BCUT2D eigenvalue weighted by atomic mass is 9.81. The highest BCUT2D eigenvalue weighted by Gasteiger charge is 2.39. The molecule has 0 aromatic carbocycles. The molecule has 0 heterocycles. The van der Waals surface area contributed by atoms with Crippen molar-refractivity contribution in [2.75, 3.05) is 6.54 Å². The van der Waals surface area contributed by atoms with Gasteiger partial charge < -0.3 is 10.6 Å². The zero-order chi connectivity index (χ0) is 13.6. The van der Waals surface area contributed by atoms with Crippen LogP contribution in [0.1, 0.15) is 72.1 Å². The first-order chi connectivity index (χ1) is 8.55. The SMILES string of the molecule is CCCCN(C(=O)C1(N)CCCCC1)C(C)CC. The maximum absolute atomic E-state index is 12.7. The van der Waals surface area contributed by atoms with Crippen molar-refractivity contribution in [3.63, 3.8) is 0 Å². The number of carbonyl (C=O) groups is 1. The zero-order valence-electron chi connectivity index (χ0n) is 12.4. The summed E-state index contributed by atoms with van der Waals surface area (Å²) >= 11 is 0. The van der Waals surface area contributed by atoms with Gasteiger partial charge in [0.15, 0.2) is 0 Å². The van der Waals surface area contributed by atoms with Crippen LogP contribution in [0.15, 0.2) is 0 Å². The second kappa shape index (κ2) is 7.13. The molecule has 0 aromatic heterocycles. The van der Waals surface area contributed by atoms with Gasteiger partial charge in [0.2, 0.25) is 5.91 Å². The standard InChI is InChI=1S/C15H30N2O/c1-4-6-12-17(13(3)5-2)14(18)15(16)10-8-7-9-11-15/h13H,4-12,16H2,1-3H3. The van der Waals surface area contributed by atoms with Gasteiger partial charge in [-0.15, -0.1) is 0 Å². The van der Waals surface area contributed by atoms with Crippen LogP contribution >= 0.6 is 0 Å². The third-order valence-electron chi connectivity index (χ3n) is 4.31. The molecule has 0 bridgehead atoms. The number of unbranched alkanes of at least 4 members (excludes halogenated alkanes) is 1. The first-order valence-electron chi connectivity index (χ1n) is 7.65. The number of amides is 1. The number of nitrogens with zero attached hydrogens (tertiary/aromatic N) is 1. The molecule has 1 fully saturated rings. The van der Waals surface area contributed by atoms with Gasteiger partial charge in [0.05, 0.1) is 5.54 Å². The molecule has 3 heteroatoms. The molecule has 1 aliphatic rings. The van der Waals surface area contributed by atoms with Crippen molar-refractivity contribution in [2.24, 2.45) is 5.73 Å². The molecule has 3 nitrogen and oxygen atoms in total. The van der Waals surface area contributed by atoms with Crippen LogP contribution in [-0.2, 0) is 4.79 Å². The van der Waals surface area contributed by atoms with Crippen LogP contribution in [0.3, 0.4) is 0 Å². The van der Waals surface area contributed by atoms with E-state index in [1.54, 1.807) is 0 Å². The highest BCUT2D eigenvalue weighted by molar-refractivity contribution is 5.86. The lowest BCUT2D eigenvalue weighted by Crippen LogP contribution is -2.58. The van der Waals surface area contributed by atoms with Gasteiger partial charge in [-0.3, -0.25) is 4.79 Å². The lowest BCUT2D eigenvalue weighted by molar-refractivity contribution is -0.140. The van der Waals surface area contributed by atoms with E-state index < -0.39 is 5.54 Å². The van der Waals surface area contributed by atoms with E-state index in [0.29, 0.717) is 6.04 Å². The van der Waals surface area contributed by atoms with Crippen molar-refractivity contribution >= 4 is 5.91 Å². The monoisotopic (exact) mass is 254 g/mol. The summed E-state index contributed by atoms with van der Waals surface area (Å²) in [7, 11) is 0. The Labute approximate surface area is 112 Å². The van der Waals surface area contributed by atoms with Crippen molar-refractivity contribution in [1.29, 1.82) is 0 Å². The molecule has 1 unspecified atom stereocenters. The minimum atomic E-state index is -0.574. The van der Waals surface area contributed by atoms with Gasteiger partial charge in [-0.2, -0.15) is 0 Å². The van der Waals surface area contributed by atoms with Gasteiger partial charge in [-0.25, -0.2) is 0 Å². The molecular formula is C15H30N2O. The van der Waals surface area contributed by atoms with Gasteiger partial charge in [-0.1, -0.05) is 39.5 Å². The maximum Gasteiger partial charge on any atom is 0.242 e. The molecule has 0 spiro atoms. The van der Waals surface area contributed by atoms with Crippen LogP contribution in [0.4, 0.5) is 0 Å². The molecule has 1 atom stereocenters. The first kappa shape index (κ1) is 15.5. The summed E-state index contributed by atoms with van der Waals surface area (Å²) in [6.07, 6.45) is 8.37. The summed E-state index contributed by atoms with van der Waals surface area (Å²) in [5, 5.41) is 0. The van der Waals surface area contributed by atoms with Gasteiger partial charge in [0, 0.05) is 12.6 Å². The van der Waals surface area contributed by atoms with Crippen LogP contribution in [-0.4, -0.2) is 28.9 Å². The molecule has 1 aliphatic carbocycles. The summed E-state index contributed by atoms with van der Waals surface area (Å²) in [6.45, 7) is 7.31. The van der Waals surface area contributed by atoms with Gasteiger partial charge >= 0.3 is 0 Å². The van der Waals surface area contributed by atoms with E-state index in [0.717, 1.165) is 51.5 Å². The van der Waals surface area contributed by atoms with E-state index in [2.05, 4.69) is 20.8 Å². The van der Waals surface area contributed by atoms with Crippen molar-refractivity contribution in [1.82, 2.24) is 4.90 Å². The van der Waals surface area contributed by atoms with Crippen molar-refractivity contribution < 1.29 is 4.79 Å². The minimum absolute atomic E-state index is 0.199. The first-order valence-corrected chi connectivity index (χ1v) is 7.65. The Morgan fingerprint density at radius 3 is 2.39 bits per heavy atom. The highest BCUT2D eigenvalue weighted by Crippen LogP contribution is 2.28. The normalized spacial score (nSPS) is 20.4. The van der Waals surface area contributed by atoms with Gasteiger partial charge in [0.1, 0.15) is 0 Å². The number of hydrogen-bond acceptors (Lipinski definition) is 2. The molecule has 2 N–H and O–H groups in total. The third kappa shape index (κ3) is 3.71. The number of nitrogens with two attached hydrogens (primary N) is 1. The number of hydrogen-bond donors (Lipinski definition) is 1. The third-order valence-corrected chi connectivity index (χ3v) is 4.31. The molecule has 0 radical (unpaired) electrons. The molecule has 1 saturated carbocycles. The Morgan fingerprint density at radius 2 is 1.89 bits per heavy atom. The minimum Gasteiger partial charge on any atom is -0.338 e. The quantitative estimate of drug-likeness (QED) is 0.792. The summed E-state index contributed by atoms with van der Waals surface area (Å²) in [5.41, 5.74) is 5.80. The van der Waals surface area contributed by atoms with Gasteiger partial charge in [0.25, 0.3) is 0 Å². The average molecular weight is 254 g/mol. The van der Waals surface area contributed by atoms with Crippen molar-refractivity contribution in [3.8, 4) is 0 Å². The van der Waals surface area contributed by atoms with E-state index in [9.17, 15) is 4.79 Å². The molecule has 1 amide bonds. The molecule has 106 valence electrons. The second-order valence-corrected chi connectivity index (χ2v) is 5.83. The highest BCUT2D eigenvalue weighted by atomic mass is 16.2. The lowest BCUT2D eigenvalue weighted by Gasteiger charge is -2.39. The van der Waals surface area contributed by atoms with Crippen LogP contribution in [0, 0.1) is 0 Å². The van der Waals surface area contributed by atoms with Crippen LogP contribution in [0.5, 0.6) is 0 Å². The fourth-order valence-electron chi connectivity index (χ4n) is 2.75. The van der Waals surface area contributed by atoms with E-state index in [1.165, 1.54) is 6.42 Å². The van der Waals surface area contributed by atoms with Crippen LogP contribution < -0.4 is 5.73 Å². The second-order valence-electron chi connectivity index (χ2n) is 5.83. The fourth-order valence-corrected chi connectivity index (χ4v) is 2.75. The topological polar surface area (TPSA) is 46.3 Å². The van der Waals surface area contributed by atoms with E-state index >= 15 is 0 Å². The molecular weight excluding hydrogens is 224 g/mol. The molecule has 0 aliphatic heterocycles. The van der Waals surface area contributed by atoms with E-state index in [-0.39, 0.29) is 5.91 Å². The molecule has 18 heavy (non-hydrogen) atoms. The summed E-state index contributed by atoms with van der Waals surface area (Å²) < 4.78 is 0. The zero-order valence-corrected chi connectivity index (χ0v) is 12.4. The Morgan fingerprint density at radius 1 is 1.28 bits per heavy atom. The van der Waals surface area contributed by atoms with Crippen molar-refractivity contribution in [2.45, 2.75) is 83.7 Å². The predicted molar refractivity (Wildman–Crippen MR) is 76.4 cm³/mol. The smallest absolute Gasteiger partial charge is 0.242 e. The molecule has 1 rings (SSSR count). The summed E-state index contributed by atoms with van der Waals surface area (Å²) in [4.78, 5) is 14.8. The Kier molecular flexibility index (Phi) is 6.13. The maximum atomic E-state index is 12.7. The van der Waals surface area contributed by atoms with E-state index in [1.807, 2.05) is 4.90 Å². The Bertz CT molecular complexity index is 259.